The van der Waals surface area contributed by atoms with Gasteiger partial charge in [-0.3, -0.25) is 9.69 Å². The first-order chi connectivity index (χ1) is 19.3. The molecule has 216 valence electrons. The minimum absolute atomic E-state index is 0.0214. The number of rotatable bonds is 4. The van der Waals surface area contributed by atoms with Crippen molar-refractivity contribution in [3.63, 3.8) is 0 Å². The summed E-state index contributed by atoms with van der Waals surface area (Å²) in [6, 6.07) is 6.52. The molecule has 2 aliphatic heterocycles. The summed E-state index contributed by atoms with van der Waals surface area (Å²) < 4.78 is 52.1. The molecule has 1 N–H and O–H groups in total. The number of hydrogen-bond donors (Lipinski definition) is 1. The second kappa shape index (κ2) is 10.5. The van der Waals surface area contributed by atoms with Crippen molar-refractivity contribution in [1.82, 2.24) is 14.9 Å². The highest BCUT2D eigenvalue weighted by Gasteiger charge is 2.47. The molecule has 2 aromatic heterocycles. The predicted molar refractivity (Wildman–Crippen MR) is 148 cm³/mol. The quantitative estimate of drug-likeness (QED) is 0.407. The topological polar surface area (TPSA) is 87.7 Å². The van der Waals surface area contributed by atoms with Crippen LogP contribution in [0.4, 0.5) is 29.6 Å². The van der Waals surface area contributed by atoms with Gasteiger partial charge in [0.2, 0.25) is 0 Å². The number of fused-ring (bicyclic) bond motifs is 1. The van der Waals surface area contributed by atoms with Gasteiger partial charge < -0.3 is 15.0 Å². The number of amides is 2. The van der Waals surface area contributed by atoms with Gasteiger partial charge in [-0.15, -0.1) is 0 Å². The van der Waals surface area contributed by atoms with Crippen molar-refractivity contribution in [2.45, 2.75) is 51.2 Å². The predicted octanol–water partition coefficient (Wildman–Crippen LogP) is 5.94. The number of aromatic nitrogens is 2. The Balaban J connectivity index is 1.55. The van der Waals surface area contributed by atoms with Gasteiger partial charge in [0, 0.05) is 54.6 Å². The second-order valence-corrected chi connectivity index (χ2v) is 11.8. The molecule has 2 amide bonds. The Kier molecular flexibility index (Phi) is 7.35. The van der Waals surface area contributed by atoms with E-state index >= 15 is 8.78 Å². The highest BCUT2D eigenvalue weighted by atomic mass is 35.5. The number of ether oxygens (including phenoxy) is 1. The van der Waals surface area contributed by atoms with Gasteiger partial charge >= 0.3 is 6.09 Å². The van der Waals surface area contributed by atoms with Crippen molar-refractivity contribution in [2.24, 2.45) is 0 Å². The normalized spacial score (nSPS) is 20.7. The second-order valence-electron chi connectivity index (χ2n) is 11.4. The number of halogens is 4. The van der Waals surface area contributed by atoms with E-state index < -0.39 is 40.5 Å². The van der Waals surface area contributed by atoms with Crippen LogP contribution in [0.5, 0.6) is 0 Å². The first-order valence-corrected chi connectivity index (χ1v) is 13.5. The maximum absolute atomic E-state index is 16.4. The summed E-state index contributed by atoms with van der Waals surface area (Å²) in [6.45, 7) is 7.20. The van der Waals surface area contributed by atoms with Gasteiger partial charge in [0.05, 0.1) is 10.6 Å². The Labute approximate surface area is 240 Å². The fourth-order valence-corrected chi connectivity index (χ4v) is 5.54. The molecule has 1 saturated heterocycles. The fourth-order valence-electron chi connectivity index (χ4n) is 5.36. The van der Waals surface area contributed by atoms with Crippen LogP contribution in [0.3, 0.4) is 0 Å². The lowest BCUT2D eigenvalue weighted by Gasteiger charge is -2.42. The molecule has 0 radical (unpaired) electrons. The van der Waals surface area contributed by atoms with Gasteiger partial charge in [-0.25, -0.2) is 27.9 Å². The lowest BCUT2D eigenvalue weighted by atomic mass is 9.71. The highest BCUT2D eigenvalue weighted by molar-refractivity contribution is 6.30. The largest absolute Gasteiger partial charge is 0.444 e. The van der Waals surface area contributed by atoms with Crippen LogP contribution in [-0.4, -0.2) is 58.1 Å². The maximum Gasteiger partial charge on any atom is 0.410 e. The monoisotopic (exact) mass is 587 g/mol. The Morgan fingerprint density at radius 1 is 1.15 bits per heavy atom. The minimum Gasteiger partial charge on any atom is -0.444 e. The zero-order valence-corrected chi connectivity index (χ0v) is 23.7. The number of carbonyl (C=O) groups excluding carboxylic acids is 2. The van der Waals surface area contributed by atoms with Crippen molar-refractivity contribution in [2.75, 3.05) is 29.9 Å². The molecule has 3 aromatic rings. The van der Waals surface area contributed by atoms with E-state index in [-0.39, 0.29) is 52.5 Å². The molecule has 2 aliphatic rings. The third kappa shape index (κ3) is 5.30. The molecule has 0 spiro atoms. The number of anilines is 2. The number of carbonyl (C=O) groups is 2. The number of benzene rings is 1. The molecule has 1 aromatic carbocycles. The van der Waals surface area contributed by atoms with Gasteiger partial charge in [0.1, 0.15) is 11.4 Å². The summed E-state index contributed by atoms with van der Waals surface area (Å²) in [5, 5.41) is 2.85. The number of likely N-dealkylation sites (tertiary alicyclic amines) is 1. The highest BCUT2D eigenvalue weighted by Crippen LogP contribution is 2.45. The van der Waals surface area contributed by atoms with Gasteiger partial charge in [0.15, 0.2) is 23.3 Å². The Morgan fingerprint density at radius 3 is 2.61 bits per heavy atom. The average Bonchev–Trinajstić information content (AvgIpc) is 3.37. The molecule has 4 heterocycles. The average molecular weight is 588 g/mol. The summed E-state index contributed by atoms with van der Waals surface area (Å²) in [5.74, 6) is -3.55. The number of pyridine rings is 2. The zero-order chi connectivity index (χ0) is 29.7. The molecule has 0 bridgehead atoms. The molecule has 12 heteroatoms. The standard InChI is InChI=1S/C29H29ClF3N5O3/c1-28(2,3)41-27(40)37-12-10-16(14-37)36-24-23(33)21-17(13-35-24)26(39)38(25-20(31)9-6-11-34-25)15-29(21,4)18-7-5-8-19(30)22(18)32/h5-9,11,13,16H,10,12,14-15H2,1-4H3,(H,35,36)/t16-,29?/m1/s1. The molecule has 0 saturated carbocycles. The maximum atomic E-state index is 16.4. The van der Waals surface area contributed by atoms with Crippen LogP contribution in [0.15, 0.2) is 42.7 Å². The van der Waals surface area contributed by atoms with Crippen LogP contribution in [0.25, 0.3) is 0 Å². The summed E-state index contributed by atoms with van der Waals surface area (Å²) in [6.07, 6.45) is 2.55. The summed E-state index contributed by atoms with van der Waals surface area (Å²) >= 11 is 6.10. The van der Waals surface area contributed by atoms with Gasteiger partial charge in [-0.1, -0.05) is 23.7 Å². The van der Waals surface area contributed by atoms with Crippen LogP contribution in [0, 0.1) is 17.5 Å². The van der Waals surface area contributed by atoms with Gasteiger partial charge in [-0.05, 0) is 52.3 Å². The fraction of sp³-hybridized carbons (Fsp3) is 0.379. The van der Waals surface area contributed by atoms with E-state index in [9.17, 15) is 14.0 Å². The van der Waals surface area contributed by atoms with Crippen LogP contribution in [0.1, 0.15) is 55.6 Å². The van der Waals surface area contributed by atoms with Crippen molar-refractivity contribution in [3.8, 4) is 0 Å². The number of nitrogens with zero attached hydrogens (tertiary/aromatic N) is 4. The first kappa shape index (κ1) is 28.7. The molecule has 41 heavy (non-hydrogen) atoms. The minimum atomic E-state index is -1.51. The Bertz CT molecular complexity index is 1530. The van der Waals surface area contributed by atoms with Crippen LogP contribution in [0.2, 0.25) is 5.02 Å². The third-order valence-corrected chi connectivity index (χ3v) is 7.53. The van der Waals surface area contributed by atoms with Crippen molar-refractivity contribution in [1.29, 1.82) is 0 Å². The van der Waals surface area contributed by atoms with E-state index in [0.29, 0.717) is 13.0 Å². The van der Waals surface area contributed by atoms with Gasteiger partial charge in [-0.2, -0.15) is 0 Å². The van der Waals surface area contributed by atoms with Crippen LogP contribution >= 0.6 is 11.6 Å². The third-order valence-electron chi connectivity index (χ3n) is 7.24. The van der Waals surface area contributed by atoms with Crippen LogP contribution in [-0.2, 0) is 10.2 Å². The summed E-state index contributed by atoms with van der Waals surface area (Å²) in [5.41, 5.74) is -2.41. The number of nitrogens with one attached hydrogen (secondary N) is 1. The SMILES string of the molecule is CC(C)(C)OC(=O)N1CC[C@@H](Nc2ncc3c(c2F)C(C)(c2cccc(Cl)c2F)CN(c2ncccc2F)C3=O)C1. The molecular formula is C29H29ClF3N5O3. The van der Waals surface area contributed by atoms with Gasteiger partial charge in [0.25, 0.3) is 5.91 Å². The summed E-state index contributed by atoms with van der Waals surface area (Å²) in [7, 11) is 0. The first-order valence-electron chi connectivity index (χ1n) is 13.1. The summed E-state index contributed by atoms with van der Waals surface area (Å²) in [4.78, 5) is 36.9. The molecule has 1 unspecified atom stereocenters. The van der Waals surface area contributed by atoms with E-state index in [1.165, 1.54) is 41.6 Å². The molecular weight excluding hydrogens is 559 g/mol. The van der Waals surface area contributed by atoms with E-state index in [1.54, 1.807) is 27.7 Å². The molecule has 8 nitrogen and oxygen atoms in total. The molecule has 1 fully saturated rings. The van der Waals surface area contributed by atoms with E-state index in [1.807, 2.05) is 0 Å². The van der Waals surface area contributed by atoms with E-state index in [0.717, 1.165) is 11.0 Å². The lowest BCUT2D eigenvalue weighted by molar-refractivity contribution is 0.0293. The Hall–Kier alpha value is -3.86. The van der Waals surface area contributed by atoms with Crippen molar-refractivity contribution >= 4 is 35.2 Å². The number of hydrogen-bond acceptors (Lipinski definition) is 6. The molecule has 2 atom stereocenters. The Morgan fingerprint density at radius 2 is 1.90 bits per heavy atom. The van der Waals surface area contributed by atoms with E-state index in [2.05, 4.69) is 15.3 Å². The zero-order valence-electron chi connectivity index (χ0n) is 23.0. The van der Waals surface area contributed by atoms with Crippen molar-refractivity contribution in [3.05, 3.63) is 81.9 Å². The van der Waals surface area contributed by atoms with Crippen LogP contribution < -0.4 is 10.2 Å². The van der Waals surface area contributed by atoms with Crippen molar-refractivity contribution < 1.29 is 27.5 Å². The van der Waals surface area contributed by atoms with E-state index in [4.69, 9.17) is 16.3 Å². The lowest BCUT2D eigenvalue weighted by Crippen LogP contribution is -2.50. The molecule has 5 rings (SSSR count). The smallest absolute Gasteiger partial charge is 0.410 e. The molecule has 0 aliphatic carbocycles.